The molecule has 1 aromatic carbocycles. The van der Waals surface area contributed by atoms with Gasteiger partial charge in [-0.05, 0) is 30.0 Å². The second-order valence-electron chi connectivity index (χ2n) is 6.05. The highest BCUT2D eigenvalue weighted by Crippen LogP contribution is 2.29. The van der Waals surface area contributed by atoms with Gasteiger partial charge in [0.05, 0.1) is 29.2 Å². The van der Waals surface area contributed by atoms with Crippen LogP contribution in [0.2, 0.25) is 10.0 Å². The third kappa shape index (κ3) is 4.35. The van der Waals surface area contributed by atoms with Gasteiger partial charge in [-0.1, -0.05) is 43.1 Å². The number of nitrogens with two attached hydrogens (primary N) is 1. The lowest BCUT2D eigenvalue weighted by atomic mass is 10.0. The molecule has 1 amide bonds. The van der Waals surface area contributed by atoms with Gasteiger partial charge in [-0.25, -0.2) is 0 Å². The molecule has 0 bridgehead atoms. The maximum Gasteiger partial charge on any atom is 0.239 e. The van der Waals surface area contributed by atoms with Gasteiger partial charge in [0.1, 0.15) is 6.10 Å². The van der Waals surface area contributed by atoms with Gasteiger partial charge in [-0.15, -0.1) is 0 Å². The van der Waals surface area contributed by atoms with Crippen LogP contribution >= 0.6 is 23.2 Å². The Bertz CT molecular complexity index is 537. The summed E-state index contributed by atoms with van der Waals surface area (Å²) in [5.74, 6) is 0.382. The zero-order valence-corrected chi connectivity index (χ0v) is 14.4. The molecule has 1 aliphatic rings. The van der Waals surface area contributed by atoms with Crippen LogP contribution in [-0.4, -0.2) is 36.5 Å². The van der Waals surface area contributed by atoms with E-state index in [2.05, 4.69) is 13.8 Å². The highest BCUT2D eigenvalue weighted by Gasteiger charge is 2.28. The fraction of sp³-hybridized carbons (Fsp3) is 0.562. The van der Waals surface area contributed by atoms with Crippen LogP contribution in [-0.2, 0) is 9.53 Å². The average Bonchev–Trinajstić information content (AvgIpc) is 2.48. The van der Waals surface area contributed by atoms with Crippen LogP contribution in [0, 0.1) is 5.92 Å². The Labute approximate surface area is 141 Å². The van der Waals surface area contributed by atoms with Crippen LogP contribution in [0.1, 0.15) is 31.9 Å². The van der Waals surface area contributed by atoms with E-state index in [9.17, 15) is 4.79 Å². The Balaban J connectivity index is 2.05. The van der Waals surface area contributed by atoms with Crippen molar-refractivity contribution in [2.45, 2.75) is 32.4 Å². The number of nitrogens with zero attached hydrogens (tertiary/aromatic N) is 1. The van der Waals surface area contributed by atoms with E-state index in [1.165, 1.54) is 0 Å². The molecular formula is C16H22Cl2N2O2. The van der Waals surface area contributed by atoms with E-state index in [-0.39, 0.29) is 12.0 Å². The Morgan fingerprint density at radius 2 is 2.14 bits per heavy atom. The maximum absolute atomic E-state index is 12.4. The summed E-state index contributed by atoms with van der Waals surface area (Å²) in [6, 6.07) is 4.96. The second-order valence-corrected chi connectivity index (χ2v) is 6.87. The van der Waals surface area contributed by atoms with E-state index >= 15 is 0 Å². The summed E-state index contributed by atoms with van der Waals surface area (Å²) in [6.07, 6.45) is 0.492. The number of hydrogen-bond donors (Lipinski definition) is 1. The van der Waals surface area contributed by atoms with Gasteiger partial charge in [0, 0.05) is 6.54 Å². The molecule has 1 aromatic rings. The molecule has 6 heteroatoms. The van der Waals surface area contributed by atoms with Crippen LogP contribution in [0.15, 0.2) is 18.2 Å². The number of hydrogen-bond acceptors (Lipinski definition) is 3. The van der Waals surface area contributed by atoms with Crippen LogP contribution in [0.4, 0.5) is 0 Å². The van der Waals surface area contributed by atoms with E-state index in [1.807, 2.05) is 6.07 Å². The number of rotatable bonds is 4. The molecule has 22 heavy (non-hydrogen) atoms. The van der Waals surface area contributed by atoms with E-state index in [4.69, 9.17) is 33.7 Å². The smallest absolute Gasteiger partial charge is 0.239 e. The fourth-order valence-corrected chi connectivity index (χ4v) is 2.91. The minimum atomic E-state index is -0.451. The first-order valence-electron chi connectivity index (χ1n) is 7.49. The molecule has 1 heterocycles. The van der Waals surface area contributed by atoms with Gasteiger partial charge in [0.15, 0.2) is 0 Å². The lowest BCUT2D eigenvalue weighted by Crippen LogP contribution is -2.49. The highest BCUT2D eigenvalue weighted by molar-refractivity contribution is 6.42. The van der Waals surface area contributed by atoms with Gasteiger partial charge < -0.3 is 15.4 Å². The predicted octanol–water partition coefficient (Wildman–Crippen LogP) is 3.27. The first-order chi connectivity index (χ1) is 10.4. The lowest BCUT2D eigenvalue weighted by molar-refractivity contribution is -0.140. The number of morpholine rings is 1. The predicted molar refractivity (Wildman–Crippen MR) is 89.2 cm³/mol. The molecule has 4 nitrogen and oxygen atoms in total. The summed E-state index contributed by atoms with van der Waals surface area (Å²) in [5.41, 5.74) is 6.93. The van der Waals surface area contributed by atoms with E-state index in [0.717, 1.165) is 5.56 Å². The van der Waals surface area contributed by atoms with Crippen LogP contribution in [0.5, 0.6) is 0 Å². The summed E-state index contributed by atoms with van der Waals surface area (Å²) in [6.45, 7) is 5.67. The molecule has 1 saturated heterocycles. The normalized spacial score (nSPS) is 20.3. The van der Waals surface area contributed by atoms with Crippen LogP contribution in [0.25, 0.3) is 0 Å². The van der Waals surface area contributed by atoms with E-state index < -0.39 is 6.04 Å². The van der Waals surface area contributed by atoms with Gasteiger partial charge in [0.25, 0.3) is 0 Å². The SMILES string of the molecule is CC(C)C[C@H](N)C(=O)N1CCOC(c2ccc(Cl)c(Cl)c2)C1. The standard InChI is InChI=1S/C16H22Cl2N2O2/c1-10(2)7-14(19)16(21)20-5-6-22-15(9-20)11-3-4-12(17)13(18)8-11/h3-4,8,10,14-15H,5-7,9,19H2,1-2H3/t14-,15?/m0/s1. The third-order valence-electron chi connectivity index (χ3n) is 3.74. The van der Waals surface area contributed by atoms with Crippen molar-refractivity contribution >= 4 is 29.1 Å². The zero-order chi connectivity index (χ0) is 16.3. The molecule has 1 fully saturated rings. The summed E-state index contributed by atoms with van der Waals surface area (Å²) >= 11 is 12.0. The van der Waals surface area contributed by atoms with Crippen molar-refractivity contribution in [3.05, 3.63) is 33.8 Å². The summed E-state index contributed by atoms with van der Waals surface area (Å²) in [7, 11) is 0. The maximum atomic E-state index is 12.4. The van der Waals surface area contributed by atoms with Crippen molar-refractivity contribution in [1.82, 2.24) is 4.90 Å². The molecule has 0 aliphatic carbocycles. The molecule has 122 valence electrons. The van der Waals surface area contributed by atoms with E-state index in [0.29, 0.717) is 42.1 Å². The molecule has 0 spiro atoms. The molecule has 2 atom stereocenters. The summed E-state index contributed by atoms with van der Waals surface area (Å²) < 4.78 is 5.76. The number of benzene rings is 1. The minimum Gasteiger partial charge on any atom is -0.370 e. The van der Waals surface area contributed by atoms with Crippen LogP contribution in [0.3, 0.4) is 0 Å². The summed E-state index contributed by atoms with van der Waals surface area (Å²) in [4.78, 5) is 14.2. The van der Waals surface area contributed by atoms with Crippen LogP contribution < -0.4 is 5.73 Å². The topological polar surface area (TPSA) is 55.6 Å². The number of ether oxygens (including phenoxy) is 1. The van der Waals surface area contributed by atoms with Crippen molar-refractivity contribution in [3.8, 4) is 0 Å². The van der Waals surface area contributed by atoms with Crippen molar-refractivity contribution in [2.24, 2.45) is 11.7 Å². The van der Waals surface area contributed by atoms with Crippen molar-refractivity contribution < 1.29 is 9.53 Å². The Hall–Kier alpha value is -0.810. The lowest BCUT2D eigenvalue weighted by Gasteiger charge is -2.35. The molecule has 2 rings (SSSR count). The molecule has 1 aliphatic heterocycles. The Morgan fingerprint density at radius 3 is 2.77 bits per heavy atom. The highest BCUT2D eigenvalue weighted by atomic mass is 35.5. The van der Waals surface area contributed by atoms with Crippen molar-refractivity contribution in [3.63, 3.8) is 0 Å². The molecular weight excluding hydrogens is 323 g/mol. The quantitative estimate of drug-likeness (QED) is 0.911. The Kier molecular flexibility index (Phi) is 6.09. The molecule has 0 saturated carbocycles. The number of carbonyl (C=O) groups excluding carboxylic acids is 1. The minimum absolute atomic E-state index is 0.0120. The number of halogens is 2. The molecule has 0 radical (unpaired) electrons. The molecule has 1 unspecified atom stereocenters. The van der Waals surface area contributed by atoms with Gasteiger partial charge in [0.2, 0.25) is 5.91 Å². The first-order valence-corrected chi connectivity index (χ1v) is 8.25. The second kappa shape index (κ2) is 7.64. The third-order valence-corrected chi connectivity index (χ3v) is 4.48. The Morgan fingerprint density at radius 1 is 1.41 bits per heavy atom. The molecule has 0 aromatic heterocycles. The number of amides is 1. The average molecular weight is 345 g/mol. The van der Waals surface area contributed by atoms with Gasteiger partial charge in [-0.3, -0.25) is 4.79 Å². The first kappa shape index (κ1) is 17.5. The van der Waals surface area contributed by atoms with Crippen molar-refractivity contribution in [2.75, 3.05) is 19.7 Å². The number of carbonyl (C=O) groups is 1. The molecule has 2 N–H and O–H groups in total. The summed E-state index contributed by atoms with van der Waals surface area (Å²) in [5, 5.41) is 0.996. The van der Waals surface area contributed by atoms with Gasteiger partial charge >= 0.3 is 0 Å². The zero-order valence-electron chi connectivity index (χ0n) is 12.9. The van der Waals surface area contributed by atoms with Crippen molar-refractivity contribution in [1.29, 1.82) is 0 Å². The van der Waals surface area contributed by atoms with E-state index in [1.54, 1.807) is 17.0 Å². The van der Waals surface area contributed by atoms with Gasteiger partial charge in [-0.2, -0.15) is 0 Å². The largest absolute Gasteiger partial charge is 0.370 e. The monoisotopic (exact) mass is 344 g/mol. The fourth-order valence-electron chi connectivity index (χ4n) is 2.61.